The molecule has 19 heteroatoms. The number of carboxylic acids is 4. The van der Waals surface area contributed by atoms with Crippen LogP contribution in [0.15, 0.2) is 0 Å². The second kappa shape index (κ2) is 32.7. The van der Waals surface area contributed by atoms with Crippen LogP contribution in [0.5, 0.6) is 0 Å². The molecular formula is C10H24CuN4O14. The van der Waals surface area contributed by atoms with E-state index < -0.39 is 35.7 Å². The summed E-state index contributed by atoms with van der Waals surface area (Å²) >= 11 is 0. The van der Waals surface area contributed by atoms with Crippen LogP contribution in [-0.4, -0.2) is 83.8 Å². The van der Waals surface area contributed by atoms with Gasteiger partial charge in [0.25, 0.3) is 0 Å². The van der Waals surface area contributed by atoms with E-state index in [0.29, 0.717) is 26.2 Å². The average molecular weight is 488 g/mol. The molecular weight excluding hydrogens is 464 g/mol. The van der Waals surface area contributed by atoms with Gasteiger partial charge in [0.1, 0.15) is 0 Å². The zero-order chi connectivity index (χ0) is 19.7. The summed E-state index contributed by atoms with van der Waals surface area (Å²) in [4.78, 5) is 57.4. The van der Waals surface area contributed by atoms with Gasteiger partial charge in [-0.3, -0.25) is 9.59 Å². The number of carbonyl (C=O) groups excluding carboxylic acids is 6. The Balaban J connectivity index is -0.0000000379. The summed E-state index contributed by atoms with van der Waals surface area (Å²) < 4.78 is 0. The van der Waals surface area contributed by atoms with Crippen molar-refractivity contribution < 1.29 is 99.6 Å². The van der Waals surface area contributed by atoms with Crippen molar-refractivity contribution in [1.82, 2.24) is 10.6 Å². The zero-order valence-corrected chi connectivity index (χ0v) is 15.6. The summed E-state index contributed by atoms with van der Waals surface area (Å²) in [6.07, 6.45) is 0. The van der Waals surface area contributed by atoms with Gasteiger partial charge in [0.05, 0.1) is 50.1 Å². The Morgan fingerprint density at radius 1 is 0.552 bits per heavy atom. The van der Waals surface area contributed by atoms with Crippen molar-refractivity contribution >= 4 is 35.7 Å². The first kappa shape index (κ1) is 50.2. The van der Waals surface area contributed by atoms with Crippen molar-refractivity contribution in [3.63, 3.8) is 0 Å². The number of amides is 2. The van der Waals surface area contributed by atoms with Gasteiger partial charge in [-0.05, 0) is 0 Å². The summed E-state index contributed by atoms with van der Waals surface area (Å²) in [7, 11) is 0. The monoisotopic (exact) mass is 487 g/mol. The van der Waals surface area contributed by atoms with Crippen molar-refractivity contribution in [1.29, 1.82) is 0 Å². The summed E-state index contributed by atoms with van der Waals surface area (Å²) in [6.45, 7) is 2.01. The molecule has 18 nitrogen and oxygen atoms in total. The molecule has 2 amide bonds. The third-order valence-electron chi connectivity index (χ3n) is 1.46. The number of hydrogen-bond donors (Lipinski definition) is 4. The van der Waals surface area contributed by atoms with Crippen LogP contribution < -0.4 is 42.5 Å². The number of carboxylic acid groups (broad SMARTS) is 4. The molecule has 0 saturated carbocycles. The molecule has 0 unspecified atom stereocenters. The molecule has 0 fully saturated rings. The predicted molar refractivity (Wildman–Crippen MR) is 76.0 cm³/mol. The van der Waals surface area contributed by atoms with Gasteiger partial charge in [0.15, 0.2) is 0 Å². The minimum absolute atomic E-state index is 0. The molecule has 29 heavy (non-hydrogen) atoms. The first-order valence-electron chi connectivity index (χ1n) is 6.00. The molecule has 1 radical (unpaired) electrons. The summed E-state index contributed by atoms with van der Waals surface area (Å²) in [5, 5.41) is 40.5. The molecule has 0 atom stereocenters. The van der Waals surface area contributed by atoms with E-state index in [4.69, 9.17) is 39.6 Å². The molecule has 0 bridgehead atoms. The first-order valence-corrected chi connectivity index (χ1v) is 6.00. The van der Waals surface area contributed by atoms with Crippen molar-refractivity contribution in [2.45, 2.75) is 0 Å². The van der Waals surface area contributed by atoms with Crippen LogP contribution in [-0.2, 0) is 45.8 Å². The van der Waals surface area contributed by atoms with E-state index in [1.165, 1.54) is 0 Å². The fraction of sp³-hybridized carbons (Fsp3) is 0.400. The van der Waals surface area contributed by atoms with Crippen molar-refractivity contribution in [3.8, 4) is 0 Å². The molecule has 179 valence electrons. The van der Waals surface area contributed by atoms with Gasteiger partial charge in [0.2, 0.25) is 0 Å². The molecule has 0 aliphatic rings. The van der Waals surface area contributed by atoms with E-state index in [0.717, 1.165) is 0 Å². The van der Waals surface area contributed by atoms with Crippen LogP contribution in [0.4, 0.5) is 0 Å². The Morgan fingerprint density at radius 3 is 0.828 bits per heavy atom. The molecule has 16 N–H and O–H groups in total. The van der Waals surface area contributed by atoms with E-state index in [1.54, 1.807) is 0 Å². The number of rotatable bonds is 4. The summed E-state index contributed by atoms with van der Waals surface area (Å²) in [6, 6.07) is 0. The van der Waals surface area contributed by atoms with Crippen molar-refractivity contribution in [3.05, 3.63) is 0 Å². The van der Waals surface area contributed by atoms with E-state index in [2.05, 4.69) is 22.1 Å². The molecule has 0 aromatic rings. The van der Waals surface area contributed by atoms with E-state index in [-0.39, 0.29) is 39.0 Å². The van der Waals surface area contributed by atoms with Gasteiger partial charge in [-0.25, -0.2) is 0 Å². The van der Waals surface area contributed by atoms with Crippen LogP contribution in [0.2, 0.25) is 0 Å². The third kappa shape index (κ3) is 45.8. The van der Waals surface area contributed by atoms with Gasteiger partial charge in [-0.2, -0.15) is 0 Å². The molecule has 0 aromatic carbocycles. The largest absolute Gasteiger partial charge is 2.00 e. The topological polar surface area (TPSA) is 400 Å². The molecule has 0 aliphatic carbocycles. The number of aliphatic carboxylic acids is 4. The summed E-state index contributed by atoms with van der Waals surface area (Å²) in [5.74, 6) is -9.95. The van der Waals surface area contributed by atoms with E-state index in [9.17, 15) is 9.59 Å². The molecule has 0 heterocycles. The van der Waals surface area contributed by atoms with E-state index >= 15 is 0 Å². The van der Waals surface area contributed by atoms with E-state index in [1.807, 2.05) is 0 Å². The molecule has 0 aliphatic heterocycles. The fourth-order valence-electron chi connectivity index (χ4n) is 0.564. The first-order chi connectivity index (χ1) is 11.0. The number of carbonyl (C=O) groups is 6. The Hall–Kier alpha value is -2.90. The maximum atomic E-state index is 10.8. The van der Waals surface area contributed by atoms with Gasteiger partial charge in [-0.1, -0.05) is 0 Å². The Morgan fingerprint density at radius 2 is 0.724 bits per heavy atom. The van der Waals surface area contributed by atoms with Crippen LogP contribution in [0.3, 0.4) is 0 Å². The van der Waals surface area contributed by atoms with Crippen molar-refractivity contribution in [2.75, 3.05) is 26.2 Å². The number of hydrogen-bond acceptors (Lipinski definition) is 10. The standard InChI is InChI=1S/C6H14N4O2.2C2H2O4.Cu.4H2O/c7-1-3-9-5(11)6(12)10-4-2-8;2*3-1(4)2(5)6;;;;;/h1-4,7-8H2,(H,9,11)(H,10,12);2*(H,3,4)(H,5,6);;4*1H2/q;;;+2;;;;/p-2. The SMILES string of the molecule is O.O.O.O.O=C([O-])C(=O)[O-].O=C([O-])C(=O)[O-].[Cu+2].[NH3+]CCNC(=O)C(=O)NCC[NH3+]. The molecule has 0 rings (SSSR count). The second-order valence-corrected chi connectivity index (χ2v) is 3.37. The Kier molecular flexibility index (Phi) is 56.7. The maximum absolute atomic E-state index is 10.8. The van der Waals surface area contributed by atoms with Gasteiger partial charge in [-0.15, -0.1) is 0 Å². The molecule has 0 saturated heterocycles. The van der Waals surface area contributed by atoms with Gasteiger partial charge >= 0.3 is 28.9 Å². The minimum atomic E-state index is -2.19. The smallest absolute Gasteiger partial charge is 0.543 e. The van der Waals surface area contributed by atoms with Gasteiger partial charge in [0, 0.05) is 0 Å². The normalized spacial score (nSPS) is 6.83. The van der Waals surface area contributed by atoms with Crippen molar-refractivity contribution in [2.24, 2.45) is 0 Å². The fourth-order valence-corrected chi connectivity index (χ4v) is 0.564. The maximum Gasteiger partial charge on any atom is 2.00 e. The zero-order valence-electron chi connectivity index (χ0n) is 14.6. The molecule has 0 spiro atoms. The third-order valence-corrected chi connectivity index (χ3v) is 1.46. The Labute approximate surface area is 172 Å². The average Bonchev–Trinajstić information content (AvgIpc) is 2.51. The quantitative estimate of drug-likeness (QED) is 0.214. The number of quaternary nitrogens is 2. The molecule has 0 aromatic heterocycles. The number of nitrogens with one attached hydrogen (secondary N) is 2. The van der Waals surface area contributed by atoms with Crippen LogP contribution in [0, 0.1) is 0 Å². The van der Waals surface area contributed by atoms with Crippen LogP contribution in [0.25, 0.3) is 0 Å². The summed E-state index contributed by atoms with van der Waals surface area (Å²) in [5.41, 5.74) is 7.05. The Bertz CT molecular complexity index is 409. The minimum Gasteiger partial charge on any atom is -0.543 e. The van der Waals surface area contributed by atoms with Gasteiger partial charge < -0.3 is 83.6 Å². The van der Waals surface area contributed by atoms with Crippen LogP contribution >= 0.6 is 0 Å². The predicted octanol–water partition coefficient (Wildman–Crippen LogP) is -14.6. The second-order valence-electron chi connectivity index (χ2n) is 3.37. The van der Waals surface area contributed by atoms with Crippen LogP contribution in [0.1, 0.15) is 0 Å².